The van der Waals surface area contributed by atoms with Crippen LogP contribution in [0.15, 0.2) is 78.9 Å². The van der Waals surface area contributed by atoms with Gasteiger partial charge in [0.2, 0.25) is 0 Å². The van der Waals surface area contributed by atoms with Gasteiger partial charge >= 0.3 is 5.97 Å². The van der Waals surface area contributed by atoms with Crippen molar-refractivity contribution in [1.29, 1.82) is 0 Å². The van der Waals surface area contributed by atoms with Crippen molar-refractivity contribution in [3.05, 3.63) is 94.5 Å². The first-order valence-corrected chi connectivity index (χ1v) is 8.56. The molecule has 0 fully saturated rings. The summed E-state index contributed by atoms with van der Waals surface area (Å²) >= 11 is 0. The van der Waals surface area contributed by atoms with Crippen LogP contribution in [0.25, 0.3) is 0 Å². The van der Waals surface area contributed by atoms with E-state index in [1.807, 2.05) is 18.2 Å². The first-order valence-electron chi connectivity index (χ1n) is 8.56. The third kappa shape index (κ3) is 5.64. The zero-order valence-electron chi connectivity index (χ0n) is 15.1. The van der Waals surface area contributed by atoms with Crippen LogP contribution in [0.2, 0.25) is 0 Å². The fourth-order valence-electron chi connectivity index (χ4n) is 2.37. The largest absolute Gasteiger partial charge is 0.482 e. The first-order chi connectivity index (χ1) is 14.0. The maximum Gasteiger partial charge on any atom is 0.349 e. The van der Waals surface area contributed by atoms with E-state index in [1.165, 1.54) is 48.5 Å². The number of para-hydroxylation sites is 1. The number of rotatable bonds is 7. The number of carbonyl (C=O) groups excluding carboxylic acids is 2. The highest BCUT2D eigenvalue weighted by atomic mass is 16.6. The molecule has 0 atom stereocenters. The summed E-state index contributed by atoms with van der Waals surface area (Å²) in [5.74, 6) is -0.362. The summed E-state index contributed by atoms with van der Waals surface area (Å²) < 4.78 is 10.4. The van der Waals surface area contributed by atoms with E-state index < -0.39 is 10.9 Å². The van der Waals surface area contributed by atoms with Gasteiger partial charge in [0.05, 0.1) is 4.92 Å². The molecule has 0 aliphatic carbocycles. The Balaban J connectivity index is 1.50. The number of nitrogens with one attached hydrogen (secondary N) is 1. The van der Waals surface area contributed by atoms with Gasteiger partial charge in [0.1, 0.15) is 11.5 Å². The zero-order valence-corrected chi connectivity index (χ0v) is 15.1. The second-order valence-electron chi connectivity index (χ2n) is 5.86. The normalized spacial score (nSPS) is 10.1. The van der Waals surface area contributed by atoms with Gasteiger partial charge in [-0.2, -0.15) is 0 Å². The average Bonchev–Trinajstić information content (AvgIpc) is 2.74. The molecular formula is C21H16N2O6. The van der Waals surface area contributed by atoms with Gasteiger partial charge in [-0.1, -0.05) is 18.2 Å². The Morgan fingerprint density at radius 2 is 1.48 bits per heavy atom. The number of anilines is 1. The molecule has 0 heterocycles. The number of nitro benzene ring substituents is 1. The van der Waals surface area contributed by atoms with E-state index in [1.54, 1.807) is 12.1 Å². The predicted molar refractivity (Wildman–Crippen MR) is 105 cm³/mol. The fraction of sp³-hybridized carbons (Fsp3) is 0.0476. The van der Waals surface area contributed by atoms with Crippen LogP contribution in [0.5, 0.6) is 11.5 Å². The number of ether oxygens (including phenoxy) is 2. The third-order valence-electron chi connectivity index (χ3n) is 3.78. The second kappa shape index (κ2) is 9.14. The van der Waals surface area contributed by atoms with Crippen LogP contribution >= 0.6 is 0 Å². The van der Waals surface area contributed by atoms with Crippen molar-refractivity contribution in [1.82, 2.24) is 0 Å². The van der Waals surface area contributed by atoms with E-state index in [9.17, 15) is 19.7 Å². The minimum Gasteiger partial charge on any atom is -0.482 e. The Bertz CT molecular complexity index is 1000. The molecule has 8 nitrogen and oxygen atoms in total. The number of nitrogens with zero attached hydrogens (tertiary/aromatic N) is 1. The van der Waals surface area contributed by atoms with E-state index >= 15 is 0 Å². The lowest BCUT2D eigenvalue weighted by Crippen LogP contribution is -2.18. The Morgan fingerprint density at radius 1 is 0.862 bits per heavy atom. The van der Waals surface area contributed by atoms with Crippen LogP contribution in [0.1, 0.15) is 10.4 Å². The van der Waals surface area contributed by atoms with Crippen LogP contribution in [0.3, 0.4) is 0 Å². The summed E-state index contributed by atoms with van der Waals surface area (Å²) in [6.45, 7) is -0.367. The molecule has 0 aliphatic rings. The van der Waals surface area contributed by atoms with E-state index in [2.05, 4.69) is 5.32 Å². The molecule has 3 aromatic carbocycles. The van der Waals surface area contributed by atoms with Gasteiger partial charge in [-0.3, -0.25) is 14.9 Å². The maximum absolute atomic E-state index is 12.2. The lowest BCUT2D eigenvalue weighted by Gasteiger charge is -2.08. The van der Waals surface area contributed by atoms with Crippen molar-refractivity contribution in [3.8, 4) is 11.5 Å². The number of hydrogen-bond donors (Lipinski definition) is 1. The molecule has 8 heteroatoms. The van der Waals surface area contributed by atoms with Gasteiger partial charge in [-0.25, -0.2) is 4.79 Å². The highest BCUT2D eigenvalue weighted by Gasteiger charge is 2.10. The fourth-order valence-corrected chi connectivity index (χ4v) is 2.37. The van der Waals surface area contributed by atoms with E-state index in [0.717, 1.165) is 0 Å². The molecule has 0 aromatic heterocycles. The lowest BCUT2D eigenvalue weighted by molar-refractivity contribution is -0.384. The molecule has 3 rings (SSSR count). The molecule has 0 aliphatic heterocycles. The van der Waals surface area contributed by atoms with Gasteiger partial charge in [0, 0.05) is 23.4 Å². The molecule has 0 radical (unpaired) electrons. The van der Waals surface area contributed by atoms with Crippen LogP contribution in [-0.4, -0.2) is 23.4 Å². The summed E-state index contributed by atoms with van der Waals surface area (Å²) in [6.07, 6.45) is 0. The van der Waals surface area contributed by atoms with Crippen molar-refractivity contribution < 1.29 is 24.0 Å². The Labute approximate surface area is 165 Å². The molecule has 0 unspecified atom stereocenters. The van der Waals surface area contributed by atoms with Crippen molar-refractivity contribution >= 4 is 23.3 Å². The predicted octanol–water partition coefficient (Wildman–Crippen LogP) is 3.83. The number of hydrogen-bond acceptors (Lipinski definition) is 6. The molecule has 0 bridgehead atoms. The van der Waals surface area contributed by atoms with Crippen LogP contribution in [0.4, 0.5) is 11.4 Å². The Morgan fingerprint density at radius 3 is 2.10 bits per heavy atom. The zero-order chi connectivity index (χ0) is 20.6. The minimum absolute atomic E-state index is 0.0729. The van der Waals surface area contributed by atoms with Crippen molar-refractivity contribution in [2.24, 2.45) is 0 Å². The third-order valence-corrected chi connectivity index (χ3v) is 3.78. The lowest BCUT2D eigenvalue weighted by atomic mass is 10.2. The minimum atomic E-state index is -0.648. The summed E-state index contributed by atoms with van der Waals surface area (Å²) in [5.41, 5.74) is 1.02. The second-order valence-corrected chi connectivity index (χ2v) is 5.86. The number of benzene rings is 3. The maximum atomic E-state index is 12.2. The quantitative estimate of drug-likeness (QED) is 0.283. The van der Waals surface area contributed by atoms with E-state index in [-0.39, 0.29) is 24.0 Å². The topological polar surface area (TPSA) is 108 Å². The number of amides is 1. The van der Waals surface area contributed by atoms with Gasteiger partial charge in [0.25, 0.3) is 11.6 Å². The van der Waals surface area contributed by atoms with Crippen LogP contribution in [0, 0.1) is 10.1 Å². The molecule has 3 aromatic rings. The van der Waals surface area contributed by atoms with Crippen LogP contribution < -0.4 is 14.8 Å². The summed E-state index contributed by atoms with van der Waals surface area (Å²) in [4.78, 5) is 34.2. The summed E-state index contributed by atoms with van der Waals surface area (Å²) in [6, 6.07) is 20.5. The molecule has 1 amide bonds. The number of non-ortho nitro benzene ring substituents is 1. The smallest absolute Gasteiger partial charge is 0.349 e. The number of carbonyl (C=O) groups is 2. The van der Waals surface area contributed by atoms with Crippen molar-refractivity contribution in [3.63, 3.8) is 0 Å². The Hall–Kier alpha value is -4.20. The summed E-state index contributed by atoms with van der Waals surface area (Å²) in [5, 5.41) is 13.4. The summed E-state index contributed by atoms with van der Waals surface area (Å²) in [7, 11) is 0. The Kier molecular flexibility index (Phi) is 6.16. The molecule has 29 heavy (non-hydrogen) atoms. The molecular weight excluding hydrogens is 376 g/mol. The van der Waals surface area contributed by atoms with Crippen molar-refractivity contribution in [2.45, 2.75) is 0 Å². The van der Waals surface area contributed by atoms with Gasteiger partial charge < -0.3 is 14.8 Å². The average molecular weight is 392 g/mol. The molecule has 0 spiro atoms. The number of esters is 1. The van der Waals surface area contributed by atoms with Crippen molar-refractivity contribution in [2.75, 3.05) is 11.9 Å². The highest BCUT2D eigenvalue weighted by molar-refractivity contribution is 6.04. The SMILES string of the molecule is O=C(COc1ccc([N+](=O)[O-])cc1)Oc1ccc(C(=O)Nc2ccccc2)cc1. The van der Waals surface area contributed by atoms with E-state index in [4.69, 9.17) is 9.47 Å². The van der Waals surface area contributed by atoms with Gasteiger partial charge in [-0.15, -0.1) is 0 Å². The first kappa shape index (κ1) is 19.6. The van der Waals surface area contributed by atoms with Gasteiger partial charge in [-0.05, 0) is 48.5 Å². The van der Waals surface area contributed by atoms with Gasteiger partial charge in [0.15, 0.2) is 6.61 Å². The monoisotopic (exact) mass is 392 g/mol. The molecule has 146 valence electrons. The molecule has 0 saturated heterocycles. The highest BCUT2D eigenvalue weighted by Crippen LogP contribution is 2.18. The van der Waals surface area contributed by atoms with E-state index in [0.29, 0.717) is 17.0 Å². The standard InChI is InChI=1S/C21H16N2O6/c24-20(14-28-18-12-8-17(9-13-18)23(26)27)29-19-10-6-15(7-11-19)21(25)22-16-4-2-1-3-5-16/h1-13H,14H2,(H,22,25). The molecule has 0 saturated carbocycles. The number of nitro groups is 1. The molecule has 1 N–H and O–H groups in total. The van der Waals surface area contributed by atoms with Crippen LogP contribution in [-0.2, 0) is 4.79 Å².